The maximum atomic E-state index is 12.6. The van der Waals surface area contributed by atoms with Gasteiger partial charge in [-0.1, -0.05) is 20.8 Å². The number of rotatable bonds is 5. The lowest BCUT2D eigenvalue weighted by molar-refractivity contribution is -0.127. The van der Waals surface area contributed by atoms with E-state index in [9.17, 15) is 4.79 Å². The molecule has 2 bridgehead atoms. The average Bonchev–Trinajstić information content (AvgIpc) is 3.32. The number of aryl methyl sites for hydroxylation is 1. The Kier molecular flexibility index (Phi) is 5.37. The van der Waals surface area contributed by atoms with Crippen LogP contribution in [0.1, 0.15) is 39.3 Å². The first-order valence-corrected chi connectivity index (χ1v) is 11.7. The van der Waals surface area contributed by atoms with Gasteiger partial charge in [-0.25, -0.2) is 4.79 Å². The SMILES string of the molecule is Cc1ncccc1O[C@H]1CO[C@H]2[C@@H]1OC[C@@H]2NC(=O)NC[C@H]1C[C@H]2CC([C@@H]1C)C2(C)C. The van der Waals surface area contributed by atoms with Crippen molar-refractivity contribution < 1.29 is 19.0 Å². The van der Waals surface area contributed by atoms with Crippen molar-refractivity contribution in [2.24, 2.45) is 29.1 Å². The second kappa shape index (κ2) is 7.93. The van der Waals surface area contributed by atoms with Crippen LogP contribution in [0.5, 0.6) is 5.75 Å². The van der Waals surface area contributed by atoms with Crippen LogP contribution in [0.15, 0.2) is 18.3 Å². The first-order chi connectivity index (χ1) is 14.8. The lowest BCUT2D eigenvalue weighted by atomic mass is 9.43. The molecule has 5 fully saturated rings. The van der Waals surface area contributed by atoms with E-state index in [1.165, 1.54) is 12.8 Å². The summed E-state index contributed by atoms with van der Waals surface area (Å²) in [6, 6.07) is 3.48. The molecular weight excluding hydrogens is 394 g/mol. The standard InChI is InChI=1S/C24H35N3O4/c1-13-15(8-16-9-17(13)24(16,3)4)10-26-23(28)27-18-11-29-22-20(12-30-21(18)22)31-19-6-5-7-25-14(19)2/h5-7,13,15-18,20-22H,8-12H2,1-4H3,(H2,26,27,28)/t13-,15-,16+,17?,18+,20+,21-,22-/m1/s1. The molecule has 2 N–H and O–H groups in total. The van der Waals surface area contributed by atoms with Gasteiger partial charge in [0.25, 0.3) is 0 Å². The molecule has 170 valence electrons. The van der Waals surface area contributed by atoms with Crippen LogP contribution in [0, 0.1) is 36.0 Å². The van der Waals surface area contributed by atoms with Crippen LogP contribution in [0.2, 0.25) is 0 Å². The lowest BCUT2D eigenvalue weighted by Crippen LogP contribution is -2.57. The zero-order valence-electron chi connectivity index (χ0n) is 19.0. The normalized spacial score (nSPS) is 40.0. The minimum Gasteiger partial charge on any atom is -0.483 e. The van der Waals surface area contributed by atoms with Gasteiger partial charge in [-0.3, -0.25) is 4.98 Å². The topological polar surface area (TPSA) is 81.7 Å². The van der Waals surface area contributed by atoms with Crippen molar-refractivity contribution in [3.05, 3.63) is 24.0 Å². The molecule has 0 radical (unpaired) electrons. The van der Waals surface area contributed by atoms with Crippen LogP contribution in [-0.4, -0.2) is 55.1 Å². The molecule has 7 nitrogen and oxygen atoms in total. The molecule has 0 aromatic carbocycles. The van der Waals surface area contributed by atoms with E-state index in [1.54, 1.807) is 6.20 Å². The number of amides is 2. The van der Waals surface area contributed by atoms with Crippen molar-refractivity contribution in [1.82, 2.24) is 15.6 Å². The molecule has 5 aliphatic rings. The molecule has 0 spiro atoms. The number of urea groups is 1. The molecule has 3 saturated carbocycles. The fourth-order valence-electron chi connectivity index (χ4n) is 6.42. The Bertz CT molecular complexity index is 831. The van der Waals surface area contributed by atoms with Crippen LogP contribution in [0.3, 0.4) is 0 Å². The molecule has 1 aromatic rings. The van der Waals surface area contributed by atoms with Crippen molar-refractivity contribution in [2.45, 2.75) is 64.9 Å². The number of hydrogen-bond donors (Lipinski definition) is 2. The highest BCUT2D eigenvalue weighted by Gasteiger charge is 2.56. The van der Waals surface area contributed by atoms with Gasteiger partial charge in [0.05, 0.1) is 24.9 Å². The molecule has 7 heteroatoms. The Labute approximate surface area is 184 Å². The summed E-state index contributed by atoms with van der Waals surface area (Å²) < 4.78 is 18.0. The van der Waals surface area contributed by atoms with Crippen molar-refractivity contribution in [3.63, 3.8) is 0 Å². The van der Waals surface area contributed by atoms with Gasteiger partial charge in [0.2, 0.25) is 0 Å². The summed E-state index contributed by atoms with van der Waals surface area (Å²) in [4.78, 5) is 16.9. The van der Waals surface area contributed by atoms with Crippen molar-refractivity contribution >= 4 is 6.03 Å². The third-order valence-electron chi connectivity index (χ3n) is 8.60. The number of fused-ring (bicyclic) bond motifs is 3. The van der Waals surface area contributed by atoms with Gasteiger partial charge in [-0.2, -0.15) is 0 Å². The largest absolute Gasteiger partial charge is 0.483 e. The van der Waals surface area contributed by atoms with Gasteiger partial charge in [0.15, 0.2) is 6.10 Å². The van der Waals surface area contributed by atoms with E-state index in [2.05, 4.69) is 36.4 Å². The molecule has 2 saturated heterocycles. The summed E-state index contributed by atoms with van der Waals surface area (Å²) in [6.45, 7) is 10.7. The zero-order valence-corrected chi connectivity index (χ0v) is 19.0. The Morgan fingerprint density at radius 3 is 2.81 bits per heavy atom. The Hall–Kier alpha value is -1.86. The molecule has 1 unspecified atom stereocenters. The number of nitrogens with one attached hydrogen (secondary N) is 2. The maximum absolute atomic E-state index is 12.6. The minimum absolute atomic E-state index is 0.129. The van der Waals surface area contributed by atoms with Gasteiger partial charge in [0.1, 0.15) is 18.0 Å². The predicted octanol–water partition coefficient (Wildman–Crippen LogP) is 2.92. The van der Waals surface area contributed by atoms with Gasteiger partial charge in [0, 0.05) is 12.7 Å². The van der Waals surface area contributed by atoms with E-state index in [0.29, 0.717) is 30.5 Å². The highest BCUT2D eigenvalue weighted by atomic mass is 16.6. The van der Waals surface area contributed by atoms with Gasteiger partial charge in [-0.05, 0) is 61.0 Å². The van der Waals surface area contributed by atoms with Gasteiger partial charge < -0.3 is 24.8 Å². The van der Waals surface area contributed by atoms with Gasteiger partial charge >= 0.3 is 6.03 Å². The number of carbonyl (C=O) groups is 1. The number of pyridine rings is 1. The molecule has 2 amide bonds. The Morgan fingerprint density at radius 2 is 2.06 bits per heavy atom. The smallest absolute Gasteiger partial charge is 0.315 e. The van der Waals surface area contributed by atoms with Crippen molar-refractivity contribution in [2.75, 3.05) is 19.8 Å². The number of carbonyl (C=O) groups excluding carboxylic acids is 1. The number of hydrogen-bond acceptors (Lipinski definition) is 5. The fourth-order valence-corrected chi connectivity index (χ4v) is 6.42. The summed E-state index contributed by atoms with van der Waals surface area (Å²) in [5.41, 5.74) is 1.32. The van der Waals surface area contributed by atoms with E-state index in [1.807, 2.05) is 19.1 Å². The third kappa shape index (κ3) is 3.69. The molecule has 3 heterocycles. The molecule has 8 atom stereocenters. The van der Waals surface area contributed by atoms with Crippen LogP contribution in [0.4, 0.5) is 4.79 Å². The molecule has 2 aliphatic heterocycles. The van der Waals surface area contributed by atoms with Crippen LogP contribution >= 0.6 is 0 Å². The monoisotopic (exact) mass is 429 g/mol. The van der Waals surface area contributed by atoms with Crippen LogP contribution in [0.25, 0.3) is 0 Å². The second-order valence-corrected chi connectivity index (χ2v) is 10.5. The predicted molar refractivity (Wildman–Crippen MR) is 116 cm³/mol. The van der Waals surface area contributed by atoms with Crippen LogP contribution in [-0.2, 0) is 9.47 Å². The fraction of sp³-hybridized carbons (Fsp3) is 0.750. The average molecular weight is 430 g/mol. The number of aromatic nitrogens is 1. The third-order valence-corrected chi connectivity index (χ3v) is 8.60. The van der Waals surface area contributed by atoms with E-state index >= 15 is 0 Å². The lowest BCUT2D eigenvalue weighted by Gasteiger charge is -2.62. The van der Waals surface area contributed by atoms with E-state index in [0.717, 1.165) is 29.8 Å². The zero-order chi connectivity index (χ0) is 21.8. The minimum atomic E-state index is -0.194. The summed E-state index contributed by atoms with van der Waals surface area (Å²) in [5, 5.41) is 6.19. The molecule has 31 heavy (non-hydrogen) atoms. The molecular formula is C24H35N3O4. The number of nitrogens with zero attached hydrogens (tertiary/aromatic N) is 1. The highest BCUT2D eigenvalue weighted by Crippen LogP contribution is 2.62. The van der Waals surface area contributed by atoms with Crippen molar-refractivity contribution in [1.29, 1.82) is 0 Å². The Balaban J connectivity index is 1.10. The first-order valence-electron chi connectivity index (χ1n) is 11.7. The quantitative estimate of drug-likeness (QED) is 0.752. The maximum Gasteiger partial charge on any atom is 0.315 e. The highest BCUT2D eigenvalue weighted by molar-refractivity contribution is 5.74. The number of ether oxygens (including phenoxy) is 3. The summed E-state index contributed by atoms with van der Waals surface area (Å²) in [6.07, 6.45) is 3.77. The second-order valence-electron chi connectivity index (χ2n) is 10.5. The summed E-state index contributed by atoms with van der Waals surface area (Å²) in [7, 11) is 0. The molecule has 1 aromatic heterocycles. The molecule has 3 aliphatic carbocycles. The molecule has 6 rings (SSSR count). The van der Waals surface area contributed by atoms with Gasteiger partial charge in [-0.15, -0.1) is 0 Å². The summed E-state index contributed by atoms with van der Waals surface area (Å²) in [5.74, 6) is 3.57. The van der Waals surface area contributed by atoms with E-state index < -0.39 is 0 Å². The summed E-state index contributed by atoms with van der Waals surface area (Å²) >= 11 is 0. The van der Waals surface area contributed by atoms with E-state index in [-0.39, 0.29) is 30.4 Å². The first kappa shape index (κ1) is 21.0. The Morgan fingerprint density at radius 1 is 1.26 bits per heavy atom. The van der Waals surface area contributed by atoms with E-state index in [4.69, 9.17) is 14.2 Å². The van der Waals surface area contributed by atoms with Crippen LogP contribution < -0.4 is 15.4 Å². The van der Waals surface area contributed by atoms with Crippen molar-refractivity contribution in [3.8, 4) is 5.75 Å².